The molecule has 244 valence electrons. The van der Waals surface area contributed by atoms with Gasteiger partial charge in [-0.25, -0.2) is 9.97 Å². The first-order valence-corrected chi connectivity index (χ1v) is 18.2. The second-order valence-electron chi connectivity index (χ2n) is 14.2. The molecule has 0 amide bonds. The van der Waals surface area contributed by atoms with E-state index in [2.05, 4.69) is 180 Å². The van der Waals surface area contributed by atoms with Gasteiger partial charge < -0.3 is 4.57 Å². The van der Waals surface area contributed by atoms with Crippen molar-refractivity contribution in [3.63, 3.8) is 0 Å². The summed E-state index contributed by atoms with van der Waals surface area (Å²) in [4.78, 5) is 10.6. The van der Waals surface area contributed by atoms with Crippen molar-refractivity contribution in [1.82, 2.24) is 14.5 Å². The highest BCUT2D eigenvalue weighted by atomic mass is 15.0. The van der Waals surface area contributed by atoms with E-state index in [1.54, 1.807) is 0 Å². The highest BCUT2D eigenvalue weighted by Crippen LogP contribution is 2.49. The summed E-state index contributed by atoms with van der Waals surface area (Å²) < 4.78 is 2.44. The normalized spacial score (nSPS) is 12.2. The van der Waals surface area contributed by atoms with E-state index in [1.807, 2.05) is 0 Å². The van der Waals surface area contributed by atoms with Crippen LogP contribution in [0.25, 0.3) is 116 Å². The Balaban J connectivity index is 1.16. The molecule has 0 spiro atoms. The molecule has 12 rings (SSSR count). The summed E-state index contributed by atoms with van der Waals surface area (Å²) in [6.45, 7) is 0. The minimum absolute atomic E-state index is 0.723. The van der Waals surface area contributed by atoms with E-state index in [0.29, 0.717) is 0 Å². The maximum atomic E-state index is 5.38. The number of aromatic nitrogens is 3. The minimum atomic E-state index is 0.723. The van der Waals surface area contributed by atoms with Crippen LogP contribution in [0.2, 0.25) is 0 Å². The molecule has 11 aromatic rings. The molecule has 0 bridgehead atoms. The average molecular weight is 672 g/mol. The van der Waals surface area contributed by atoms with Gasteiger partial charge in [-0.15, -0.1) is 0 Å². The molecule has 1 aliphatic carbocycles. The monoisotopic (exact) mass is 671 g/mol. The van der Waals surface area contributed by atoms with Gasteiger partial charge in [0.05, 0.1) is 22.2 Å². The Morgan fingerprint density at radius 3 is 1.72 bits per heavy atom. The first-order chi connectivity index (χ1) is 26.3. The van der Waals surface area contributed by atoms with Crippen molar-refractivity contribution in [2.24, 2.45) is 0 Å². The predicted octanol–water partition coefficient (Wildman–Crippen LogP) is 13.2. The summed E-state index contributed by atoms with van der Waals surface area (Å²) in [6.07, 6.45) is 0. The summed E-state index contributed by atoms with van der Waals surface area (Å²) in [5.74, 6) is 0.723. The van der Waals surface area contributed by atoms with Gasteiger partial charge in [-0.3, -0.25) is 0 Å². The number of nitrogens with zero attached hydrogens (tertiary/aromatic N) is 3. The summed E-state index contributed by atoms with van der Waals surface area (Å²) in [6, 6.07) is 63.8. The molecule has 3 nitrogen and oxygen atoms in total. The Kier molecular flexibility index (Phi) is 5.77. The van der Waals surface area contributed by atoms with E-state index in [0.717, 1.165) is 39.2 Å². The van der Waals surface area contributed by atoms with Crippen LogP contribution >= 0.6 is 0 Å². The predicted molar refractivity (Wildman–Crippen MR) is 222 cm³/mol. The Hall–Kier alpha value is -7.10. The molecule has 0 fully saturated rings. The second kappa shape index (κ2) is 10.7. The Labute approximate surface area is 305 Å². The Morgan fingerprint density at radius 2 is 0.943 bits per heavy atom. The van der Waals surface area contributed by atoms with Crippen LogP contribution in [0.1, 0.15) is 0 Å². The lowest BCUT2D eigenvalue weighted by molar-refractivity contribution is 1.18. The molecule has 0 atom stereocenters. The quantitative estimate of drug-likeness (QED) is 0.187. The van der Waals surface area contributed by atoms with Crippen molar-refractivity contribution in [2.45, 2.75) is 0 Å². The molecule has 0 radical (unpaired) electrons. The van der Waals surface area contributed by atoms with Crippen LogP contribution < -0.4 is 0 Å². The van der Waals surface area contributed by atoms with E-state index < -0.39 is 0 Å². The van der Waals surface area contributed by atoms with Crippen LogP contribution in [0.5, 0.6) is 0 Å². The SMILES string of the molecule is c1ccc2c(c1)-c1cccc3ccc4c(c13)c1c-2cccc1n4-c1ccc2nc(-c3ccc4ccccc4c3)nc(-c3ccc4ccccc4c3)c2c1. The minimum Gasteiger partial charge on any atom is -0.309 e. The third-order valence-electron chi connectivity index (χ3n) is 11.3. The van der Waals surface area contributed by atoms with Crippen LogP contribution in [0.15, 0.2) is 176 Å². The third kappa shape index (κ3) is 4.10. The average Bonchev–Trinajstić information content (AvgIpc) is 3.51. The van der Waals surface area contributed by atoms with Gasteiger partial charge in [0, 0.05) is 33.0 Å². The molecular weight excluding hydrogens is 643 g/mol. The van der Waals surface area contributed by atoms with Crippen molar-refractivity contribution < 1.29 is 0 Å². The fourth-order valence-corrected chi connectivity index (χ4v) is 8.88. The van der Waals surface area contributed by atoms with Crippen molar-refractivity contribution in [1.29, 1.82) is 0 Å². The van der Waals surface area contributed by atoms with Gasteiger partial charge >= 0.3 is 0 Å². The Morgan fingerprint density at radius 1 is 0.358 bits per heavy atom. The van der Waals surface area contributed by atoms with Crippen LogP contribution in [0, 0.1) is 0 Å². The van der Waals surface area contributed by atoms with E-state index in [4.69, 9.17) is 9.97 Å². The zero-order chi connectivity index (χ0) is 34.6. The molecule has 53 heavy (non-hydrogen) atoms. The molecule has 0 aliphatic heterocycles. The van der Waals surface area contributed by atoms with Crippen molar-refractivity contribution in [3.8, 4) is 50.6 Å². The molecular formula is C50H29N3. The van der Waals surface area contributed by atoms with Crippen LogP contribution in [0.4, 0.5) is 0 Å². The first kappa shape index (κ1) is 28.6. The van der Waals surface area contributed by atoms with Gasteiger partial charge in [-0.2, -0.15) is 0 Å². The summed E-state index contributed by atoms with van der Waals surface area (Å²) >= 11 is 0. The lowest BCUT2D eigenvalue weighted by Crippen LogP contribution is -1.99. The van der Waals surface area contributed by atoms with E-state index >= 15 is 0 Å². The summed E-state index contributed by atoms with van der Waals surface area (Å²) in [5, 5.41) is 11.0. The molecule has 0 saturated heterocycles. The van der Waals surface area contributed by atoms with Gasteiger partial charge in [0.1, 0.15) is 0 Å². The summed E-state index contributed by atoms with van der Waals surface area (Å²) in [5.41, 5.74) is 12.5. The highest BCUT2D eigenvalue weighted by Gasteiger charge is 2.25. The van der Waals surface area contributed by atoms with Crippen LogP contribution in [-0.2, 0) is 0 Å². The van der Waals surface area contributed by atoms with Gasteiger partial charge in [0.2, 0.25) is 0 Å². The fraction of sp³-hybridized carbons (Fsp3) is 0. The molecule has 3 heteroatoms. The number of rotatable bonds is 3. The molecule has 9 aromatic carbocycles. The first-order valence-electron chi connectivity index (χ1n) is 18.2. The molecule has 0 N–H and O–H groups in total. The maximum Gasteiger partial charge on any atom is 0.160 e. The van der Waals surface area contributed by atoms with Gasteiger partial charge in [-0.05, 0) is 97.0 Å². The second-order valence-corrected chi connectivity index (χ2v) is 14.2. The van der Waals surface area contributed by atoms with Crippen molar-refractivity contribution in [3.05, 3.63) is 176 Å². The molecule has 0 saturated carbocycles. The standard InChI is InChI=1S/C50H29N3/c1-3-11-33-27-35(21-19-30(33)9-1)49-42-29-37(24-25-43(42)51-50(52-49)36-22-20-31-10-2-4-12-34(31)28-36)53-44-18-8-17-41-39-15-6-5-14-38(39)40-16-7-13-32-23-26-45(53)48(46(32)40)47(41)44/h1-29H. The smallest absolute Gasteiger partial charge is 0.160 e. The highest BCUT2D eigenvalue weighted by molar-refractivity contribution is 6.30. The molecule has 2 aromatic heterocycles. The maximum absolute atomic E-state index is 5.38. The summed E-state index contributed by atoms with van der Waals surface area (Å²) in [7, 11) is 0. The van der Waals surface area contributed by atoms with Gasteiger partial charge in [-0.1, -0.05) is 133 Å². The largest absolute Gasteiger partial charge is 0.309 e. The van der Waals surface area contributed by atoms with E-state index in [-0.39, 0.29) is 0 Å². The fourth-order valence-electron chi connectivity index (χ4n) is 8.88. The Bertz CT molecular complexity index is 3350. The topological polar surface area (TPSA) is 30.7 Å². The van der Waals surface area contributed by atoms with E-state index in [9.17, 15) is 0 Å². The van der Waals surface area contributed by atoms with E-state index in [1.165, 1.54) is 76.4 Å². The van der Waals surface area contributed by atoms with Crippen LogP contribution in [0.3, 0.4) is 0 Å². The number of benzene rings is 9. The number of fused-ring (bicyclic) bond motifs is 6. The number of hydrogen-bond acceptors (Lipinski definition) is 2. The van der Waals surface area contributed by atoms with Gasteiger partial charge in [0.25, 0.3) is 0 Å². The lowest BCUT2D eigenvalue weighted by atomic mass is 9.93. The number of hydrogen-bond donors (Lipinski definition) is 0. The third-order valence-corrected chi connectivity index (χ3v) is 11.3. The van der Waals surface area contributed by atoms with Crippen molar-refractivity contribution in [2.75, 3.05) is 0 Å². The zero-order valence-corrected chi connectivity index (χ0v) is 28.6. The van der Waals surface area contributed by atoms with Crippen molar-refractivity contribution >= 4 is 65.0 Å². The molecule has 0 unspecified atom stereocenters. The lowest BCUT2D eigenvalue weighted by Gasteiger charge is -2.15. The van der Waals surface area contributed by atoms with Crippen LogP contribution in [-0.4, -0.2) is 14.5 Å². The molecule has 1 aliphatic rings. The van der Waals surface area contributed by atoms with Gasteiger partial charge in [0.15, 0.2) is 5.82 Å². The zero-order valence-electron chi connectivity index (χ0n) is 28.6. The molecule has 2 heterocycles.